The average Bonchev–Trinajstić information content (AvgIpc) is 3.32. The Kier molecular flexibility index (Phi) is 7.13. The maximum atomic E-state index is 14.7. The molecule has 10 heteroatoms. The zero-order valence-electron chi connectivity index (χ0n) is 21.4. The summed E-state index contributed by atoms with van der Waals surface area (Å²) in [6.45, 7) is 4.91. The first kappa shape index (κ1) is 25.4. The monoisotopic (exact) mass is 520 g/mol. The molecule has 3 aromatic rings. The molecule has 0 unspecified atom stereocenters. The number of nitrogens with zero attached hydrogens (tertiary/aromatic N) is 4. The Bertz CT molecular complexity index is 1380. The number of carbonyl (C=O) groups is 3. The summed E-state index contributed by atoms with van der Waals surface area (Å²) in [5, 5.41) is 4.40. The van der Waals surface area contributed by atoms with Crippen LogP contribution in [0.5, 0.6) is 5.75 Å². The fourth-order valence-corrected chi connectivity index (χ4v) is 4.94. The van der Waals surface area contributed by atoms with E-state index in [1.165, 1.54) is 16.8 Å². The normalized spacial score (nSPS) is 15.4. The van der Waals surface area contributed by atoms with Crippen molar-refractivity contribution in [2.24, 2.45) is 0 Å². The zero-order valence-corrected chi connectivity index (χ0v) is 21.4. The second kappa shape index (κ2) is 10.6. The SMILES string of the molecule is CCOC(=O)c1nn(-c2ccc(OCC)c(F)c2)c2c1CCN(c1ccc(N3CCCCC3=O)cc1)C2=O. The van der Waals surface area contributed by atoms with Gasteiger partial charge in [-0.1, -0.05) is 0 Å². The van der Waals surface area contributed by atoms with E-state index < -0.39 is 11.8 Å². The topological polar surface area (TPSA) is 94.0 Å². The molecule has 3 heterocycles. The molecule has 38 heavy (non-hydrogen) atoms. The van der Waals surface area contributed by atoms with Gasteiger partial charge >= 0.3 is 5.97 Å². The van der Waals surface area contributed by atoms with Crippen molar-refractivity contribution in [3.63, 3.8) is 0 Å². The summed E-state index contributed by atoms with van der Waals surface area (Å²) < 4.78 is 26.5. The maximum absolute atomic E-state index is 14.7. The van der Waals surface area contributed by atoms with Crippen LogP contribution in [-0.2, 0) is 16.0 Å². The van der Waals surface area contributed by atoms with Gasteiger partial charge in [0, 0.05) is 42.5 Å². The Balaban J connectivity index is 1.51. The van der Waals surface area contributed by atoms with Crippen LogP contribution in [-0.4, -0.2) is 53.9 Å². The molecule has 5 rings (SSSR count). The molecule has 0 spiro atoms. The van der Waals surface area contributed by atoms with Crippen LogP contribution in [0.1, 0.15) is 59.7 Å². The average molecular weight is 521 g/mol. The van der Waals surface area contributed by atoms with E-state index in [0.29, 0.717) is 43.8 Å². The van der Waals surface area contributed by atoms with E-state index in [9.17, 15) is 18.8 Å². The molecule has 9 nitrogen and oxygen atoms in total. The minimum atomic E-state index is -0.634. The van der Waals surface area contributed by atoms with Crippen molar-refractivity contribution < 1.29 is 28.2 Å². The van der Waals surface area contributed by atoms with Gasteiger partial charge in [-0.25, -0.2) is 13.9 Å². The van der Waals surface area contributed by atoms with Crippen LogP contribution in [0.3, 0.4) is 0 Å². The molecule has 2 aliphatic heterocycles. The molecule has 2 amide bonds. The van der Waals surface area contributed by atoms with Gasteiger partial charge in [0.2, 0.25) is 5.91 Å². The number of piperidine rings is 1. The van der Waals surface area contributed by atoms with Gasteiger partial charge in [-0.3, -0.25) is 9.59 Å². The van der Waals surface area contributed by atoms with Crippen molar-refractivity contribution in [2.75, 3.05) is 36.1 Å². The van der Waals surface area contributed by atoms with Crippen LogP contribution >= 0.6 is 0 Å². The second-order valence-corrected chi connectivity index (χ2v) is 9.08. The summed E-state index contributed by atoms with van der Waals surface area (Å²) >= 11 is 0. The molecule has 0 radical (unpaired) electrons. The van der Waals surface area contributed by atoms with Crippen molar-refractivity contribution in [1.82, 2.24) is 9.78 Å². The van der Waals surface area contributed by atoms with E-state index in [2.05, 4.69) is 5.10 Å². The smallest absolute Gasteiger partial charge is 0.359 e. The number of amides is 2. The standard InChI is InChI=1S/C28H29FN4O5/c1-3-37-23-13-12-20(17-22(23)29)33-26-21(25(30-33)28(36)38-4-2)14-16-32(27(26)35)19-10-8-18(9-11-19)31-15-6-5-7-24(31)34/h8-13,17H,3-7,14-16H2,1-2H3. The Morgan fingerprint density at radius 3 is 2.29 bits per heavy atom. The number of anilines is 2. The molecule has 0 bridgehead atoms. The summed E-state index contributed by atoms with van der Waals surface area (Å²) in [6.07, 6.45) is 2.76. The van der Waals surface area contributed by atoms with Crippen LogP contribution in [0.2, 0.25) is 0 Å². The highest BCUT2D eigenvalue weighted by molar-refractivity contribution is 6.09. The number of fused-ring (bicyclic) bond motifs is 1. The number of halogens is 1. The van der Waals surface area contributed by atoms with Crippen molar-refractivity contribution in [1.29, 1.82) is 0 Å². The van der Waals surface area contributed by atoms with E-state index in [1.807, 2.05) is 24.3 Å². The van der Waals surface area contributed by atoms with Gasteiger partial charge in [0.15, 0.2) is 17.3 Å². The number of benzene rings is 2. The van der Waals surface area contributed by atoms with Gasteiger partial charge in [-0.2, -0.15) is 5.10 Å². The number of ether oxygens (including phenoxy) is 2. The molecule has 1 fully saturated rings. The van der Waals surface area contributed by atoms with Crippen LogP contribution in [0.25, 0.3) is 5.69 Å². The Morgan fingerprint density at radius 1 is 0.921 bits per heavy atom. The van der Waals surface area contributed by atoms with Crippen molar-refractivity contribution in [3.05, 3.63) is 65.2 Å². The number of hydrogen-bond donors (Lipinski definition) is 0. The van der Waals surface area contributed by atoms with Gasteiger partial charge in [-0.05, 0) is 69.5 Å². The van der Waals surface area contributed by atoms with Gasteiger partial charge in [0.25, 0.3) is 5.91 Å². The first-order chi connectivity index (χ1) is 18.4. The first-order valence-electron chi connectivity index (χ1n) is 12.9. The lowest BCUT2D eigenvalue weighted by Gasteiger charge is -2.29. The molecule has 0 saturated carbocycles. The number of esters is 1. The van der Waals surface area contributed by atoms with Crippen LogP contribution in [0.15, 0.2) is 42.5 Å². The predicted molar refractivity (Wildman–Crippen MR) is 139 cm³/mol. The Labute approximate surface area is 219 Å². The van der Waals surface area contributed by atoms with E-state index in [1.54, 1.807) is 29.7 Å². The number of hydrogen-bond acceptors (Lipinski definition) is 6. The predicted octanol–water partition coefficient (Wildman–Crippen LogP) is 4.31. The highest BCUT2D eigenvalue weighted by atomic mass is 19.1. The van der Waals surface area contributed by atoms with Gasteiger partial charge < -0.3 is 19.3 Å². The summed E-state index contributed by atoms with van der Waals surface area (Å²) in [5.74, 6) is -1.42. The minimum Gasteiger partial charge on any atom is -0.491 e. The third-order valence-corrected chi connectivity index (χ3v) is 6.74. The molecule has 0 aliphatic carbocycles. The van der Waals surface area contributed by atoms with Gasteiger partial charge in [-0.15, -0.1) is 0 Å². The molecule has 0 N–H and O–H groups in total. The fraction of sp³-hybridized carbons (Fsp3) is 0.357. The summed E-state index contributed by atoms with van der Waals surface area (Å²) in [5.41, 5.74) is 2.42. The van der Waals surface area contributed by atoms with E-state index in [0.717, 1.165) is 18.5 Å². The van der Waals surface area contributed by atoms with Crippen molar-refractivity contribution >= 4 is 29.2 Å². The highest BCUT2D eigenvalue weighted by Crippen LogP contribution is 2.32. The Morgan fingerprint density at radius 2 is 1.63 bits per heavy atom. The zero-order chi connectivity index (χ0) is 26.8. The quantitative estimate of drug-likeness (QED) is 0.431. The summed E-state index contributed by atoms with van der Waals surface area (Å²) in [4.78, 5) is 42.2. The largest absolute Gasteiger partial charge is 0.491 e. The third kappa shape index (κ3) is 4.62. The summed E-state index contributed by atoms with van der Waals surface area (Å²) in [6, 6.07) is 11.6. The van der Waals surface area contributed by atoms with E-state index >= 15 is 0 Å². The van der Waals surface area contributed by atoms with Crippen LogP contribution < -0.4 is 14.5 Å². The lowest BCUT2D eigenvalue weighted by Crippen LogP contribution is -2.39. The number of rotatable bonds is 7. The fourth-order valence-electron chi connectivity index (χ4n) is 4.94. The van der Waals surface area contributed by atoms with Gasteiger partial charge in [0.1, 0.15) is 5.69 Å². The highest BCUT2D eigenvalue weighted by Gasteiger charge is 2.36. The van der Waals surface area contributed by atoms with Gasteiger partial charge in [0.05, 0.1) is 18.9 Å². The Hall–Kier alpha value is -4.21. The summed E-state index contributed by atoms with van der Waals surface area (Å²) in [7, 11) is 0. The lowest BCUT2D eigenvalue weighted by atomic mass is 10.0. The molecule has 1 saturated heterocycles. The number of carbonyl (C=O) groups excluding carboxylic acids is 3. The molecule has 1 aromatic heterocycles. The van der Waals surface area contributed by atoms with Crippen LogP contribution in [0, 0.1) is 5.82 Å². The molecule has 198 valence electrons. The number of aromatic nitrogens is 2. The van der Waals surface area contributed by atoms with E-state index in [-0.39, 0.29) is 41.2 Å². The first-order valence-corrected chi connectivity index (χ1v) is 12.9. The van der Waals surface area contributed by atoms with Crippen LogP contribution in [0.4, 0.5) is 15.8 Å². The molecule has 2 aromatic carbocycles. The molecular formula is C28H29FN4O5. The van der Waals surface area contributed by atoms with Crippen molar-refractivity contribution in [3.8, 4) is 11.4 Å². The molecule has 2 aliphatic rings. The molecular weight excluding hydrogens is 491 g/mol. The van der Waals surface area contributed by atoms with Crippen molar-refractivity contribution in [2.45, 2.75) is 39.5 Å². The minimum absolute atomic E-state index is 0.0445. The third-order valence-electron chi connectivity index (χ3n) is 6.74. The molecule has 0 atom stereocenters. The maximum Gasteiger partial charge on any atom is 0.359 e. The second-order valence-electron chi connectivity index (χ2n) is 9.08. The van der Waals surface area contributed by atoms with E-state index in [4.69, 9.17) is 9.47 Å². The lowest BCUT2D eigenvalue weighted by molar-refractivity contribution is -0.119.